The van der Waals surface area contributed by atoms with Crippen molar-refractivity contribution in [1.82, 2.24) is 5.32 Å². The Hall–Kier alpha value is -0.0900. The molecule has 2 unspecified atom stereocenters. The van der Waals surface area contributed by atoms with Gasteiger partial charge in [-0.1, -0.05) is 43.6 Å². The molecule has 0 saturated heterocycles. The van der Waals surface area contributed by atoms with Crippen LogP contribution in [0.5, 0.6) is 0 Å². The normalized spacial score (nSPS) is 15.7. The first-order chi connectivity index (χ1) is 6.40. The molecule has 0 radical (unpaired) electrons. The van der Waals surface area contributed by atoms with Crippen molar-refractivity contribution in [3.05, 3.63) is 0 Å². The zero-order chi connectivity index (χ0) is 11.3. The number of aliphatic hydroxyl groups excluding tert-OH is 1. The van der Waals surface area contributed by atoms with Crippen molar-refractivity contribution in [2.24, 2.45) is 11.8 Å². The molecule has 0 rings (SSSR count). The first-order valence-electron chi connectivity index (χ1n) is 4.95. The lowest BCUT2D eigenvalue weighted by Gasteiger charge is -2.22. The van der Waals surface area contributed by atoms with E-state index in [-0.39, 0.29) is 35.2 Å². The number of carbonyl (C=O) groups excluding carboxylic acids is 1. The second kappa shape index (κ2) is 6.40. The molecule has 0 fully saturated rings. The Balaban J connectivity index is 4.15. The average molecular weight is 266 g/mol. The second-order valence-electron chi connectivity index (χ2n) is 4.19. The van der Waals surface area contributed by atoms with Crippen LogP contribution in [0.15, 0.2) is 0 Å². The molecule has 4 heteroatoms. The van der Waals surface area contributed by atoms with Crippen molar-refractivity contribution in [2.45, 2.75) is 38.6 Å². The molecule has 0 aromatic heterocycles. The van der Waals surface area contributed by atoms with Gasteiger partial charge in [0.15, 0.2) is 0 Å². The minimum Gasteiger partial charge on any atom is -0.394 e. The number of amides is 1. The van der Waals surface area contributed by atoms with Crippen LogP contribution in [0.3, 0.4) is 0 Å². The standard InChI is InChI=1S/C10H20BrNO2/c1-6(2)8(5-13)12-10(14)9(11)7(3)4/h6-9,13H,5H2,1-4H3,(H,12,14). The first kappa shape index (κ1) is 13.9. The number of aliphatic hydroxyl groups is 1. The van der Waals surface area contributed by atoms with Crippen LogP contribution < -0.4 is 5.32 Å². The van der Waals surface area contributed by atoms with Crippen LogP contribution in [0.1, 0.15) is 27.7 Å². The molecule has 0 heterocycles. The molecule has 0 aromatic rings. The van der Waals surface area contributed by atoms with Crippen molar-refractivity contribution in [1.29, 1.82) is 0 Å². The fourth-order valence-electron chi connectivity index (χ4n) is 0.988. The van der Waals surface area contributed by atoms with Gasteiger partial charge in [-0.15, -0.1) is 0 Å². The highest BCUT2D eigenvalue weighted by Crippen LogP contribution is 2.12. The maximum atomic E-state index is 11.6. The smallest absolute Gasteiger partial charge is 0.234 e. The molecule has 0 spiro atoms. The lowest BCUT2D eigenvalue weighted by molar-refractivity contribution is -0.122. The van der Waals surface area contributed by atoms with E-state index in [9.17, 15) is 4.79 Å². The Morgan fingerprint density at radius 1 is 1.29 bits per heavy atom. The summed E-state index contributed by atoms with van der Waals surface area (Å²) in [4.78, 5) is 11.4. The number of nitrogens with one attached hydrogen (secondary N) is 1. The lowest BCUT2D eigenvalue weighted by Crippen LogP contribution is -2.45. The van der Waals surface area contributed by atoms with Gasteiger partial charge in [0.2, 0.25) is 5.91 Å². The third-order valence-electron chi connectivity index (χ3n) is 2.16. The topological polar surface area (TPSA) is 49.3 Å². The van der Waals surface area contributed by atoms with Crippen molar-refractivity contribution in [3.63, 3.8) is 0 Å². The van der Waals surface area contributed by atoms with E-state index in [1.165, 1.54) is 0 Å². The van der Waals surface area contributed by atoms with Crippen LogP contribution in [-0.4, -0.2) is 28.5 Å². The minimum absolute atomic E-state index is 0.0127. The number of hydrogen-bond acceptors (Lipinski definition) is 2. The Kier molecular flexibility index (Phi) is 6.36. The van der Waals surface area contributed by atoms with Gasteiger partial charge in [0.1, 0.15) is 0 Å². The van der Waals surface area contributed by atoms with Crippen molar-refractivity contribution >= 4 is 21.8 Å². The van der Waals surface area contributed by atoms with E-state index in [0.29, 0.717) is 0 Å². The highest BCUT2D eigenvalue weighted by atomic mass is 79.9. The maximum Gasteiger partial charge on any atom is 0.234 e. The molecule has 3 nitrogen and oxygen atoms in total. The van der Waals surface area contributed by atoms with Gasteiger partial charge >= 0.3 is 0 Å². The highest BCUT2D eigenvalue weighted by molar-refractivity contribution is 9.10. The van der Waals surface area contributed by atoms with Crippen LogP contribution in [0.4, 0.5) is 0 Å². The molecular formula is C10H20BrNO2. The Morgan fingerprint density at radius 3 is 2.07 bits per heavy atom. The van der Waals surface area contributed by atoms with Gasteiger partial charge in [-0.3, -0.25) is 4.79 Å². The summed E-state index contributed by atoms with van der Waals surface area (Å²) in [5.41, 5.74) is 0. The average Bonchev–Trinajstić information content (AvgIpc) is 2.11. The highest BCUT2D eigenvalue weighted by Gasteiger charge is 2.22. The molecule has 14 heavy (non-hydrogen) atoms. The van der Waals surface area contributed by atoms with Gasteiger partial charge in [0.05, 0.1) is 17.5 Å². The maximum absolute atomic E-state index is 11.6. The summed E-state index contributed by atoms with van der Waals surface area (Å²) >= 11 is 3.32. The number of carbonyl (C=O) groups is 1. The molecule has 2 N–H and O–H groups in total. The molecule has 0 aliphatic rings. The molecule has 0 aliphatic heterocycles. The third-order valence-corrected chi connectivity index (χ3v) is 3.64. The quantitative estimate of drug-likeness (QED) is 0.741. The Bertz CT molecular complexity index is 183. The van der Waals surface area contributed by atoms with E-state index in [1.54, 1.807) is 0 Å². The van der Waals surface area contributed by atoms with Crippen LogP contribution in [-0.2, 0) is 4.79 Å². The van der Waals surface area contributed by atoms with Gasteiger partial charge in [0.25, 0.3) is 0 Å². The fraction of sp³-hybridized carbons (Fsp3) is 0.900. The molecule has 0 saturated carbocycles. The minimum atomic E-state index is -0.185. The number of halogens is 1. The SMILES string of the molecule is CC(C)C(CO)NC(=O)C(Br)C(C)C. The Labute approximate surface area is 94.4 Å². The van der Waals surface area contributed by atoms with Gasteiger partial charge in [-0.2, -0.15) is 0 Å². The molecular weight excluding hydrogens is 246 g/mol. The summed E-state index contributed by atoms with van der Waals surface area (Å²) in [6, 6.07) is -0.152. The van der Waals surface area contributed by atoms with Crippen molar-refractivity contribution in [2.75, 3.05) is 6.61 Å². The molecule has 84 valence electrons. The summed E-state index contributed by atoms with van der Waals surface area (Å²) in [6.07, 6.45) is 0. The zero-order valence-corrected chi connectivity index (χ0v) is 10.8. The van der Waals surface area contributed by atoms with E-state index < -0.39 is 0 Å². The van der Waals surface area contributed by atoms with Crippen LogP contribution >= 0.6 is 15.9 Å². The molecule has 0 bridgehead atoms. The predicted molar refractivity (Wildman–Crippen MR) is 61.4 cm³/mol. The largest absolute Gasteiger partial charge is 0.394 e. The summed E-state index contributed by atoms with van der Waals surface area (Å²) in [5, 5.41) is 11.8. The van der Waals surface area contributed by atoms with Crippen LogP contribution in [0, 0.1) is 11.8 Å². The fourth-order valence-corrected chi connectivity index (χ4v) is 1.12. The van der Waals surface area contributed by atoms with E-state index in [2.05, 4.69) is 21.2 Å². The first-order valence-corrected chi connectivity index (χ1v) is 5.87. The molecule has 1 amide bonds. The van der Waals surface area contributed by atoms with E-state index >= 15 is 0 Å². The monoisotopic (exact) mass is 265 g/mol. The molecule has 2 atom stereocenters. The summed E-state index contributed by atoms with van der Waals surface area (Å²) in [5.74, 6) is 0.449. The van der Waals surface area contributed by atoms with E-state index in [1.807, 2.05) is 27.7 Å². The zero-order valence-electron chi connectivity index (χ0n) is 9.25. The summed E-state index contributed by atoms with van der Waals surface area (Å²) < 4.78 is 0. The summed E-state index contributed by atoms with van der Waals surface area (Å²) in [6.45, 7) is 7.88. The van der Waals surface area contributed by atoms with Gasteiger partial charge < -0.3 is 10.4 Å². The van der Waals surface area contributed by atoms with Crippen molar-refractivity contribution < 1.29 is 9.90 Å². The van der Waals surface area contributed by atoms with Crippen LogP contribution in [0.2, 0.25) is 0 Å². The third kappa shape index (κ3) is 4.42. The number of alkyl halides is 1. The van der Waals surface area contributed by atoms with Crippen molar-refractivity contribution in [3.8, 4) is 0 Å². The van der Waals surface area contributed by atoms with Gasteiger partial charge in [0, 0.05) is 0 Å². The second-order valence-corrected chi connectivity index (χ2v) is 5.17. The summed E-state index contributed by atoms with van der Waals surface area (Å²) in [7, 11) is 0. The van der Waals surface area contributed by atoms with E-state index in [0.717, 1.165) is 0 Å². The van der Waals surface area contributed by atoms with E-state index in [4.69, 9.17) is 5.11 Å². The van der Waals surface area contributed by atoms with Crippen LogP contribution in [0.25, 0.3) is 0 Å². The predicted octanol–water partition coefficient (Wildman–Crippen LogP) is 1.54. The van der Waals surface area contributed by atoms with Gasteiger partial charge in [-0.25, -0.2) is 0 Å². The molecule has 0 aliphatic carbocycles. The number of hydrogen-bond donors (Lipinski definition) is 2. The van der Waals surface area contributed by atoms with Gasteiger partial charge in [-0.05, 0) is 11.8 Å². The lowest BCUT2D eigenvalue weighted by atomic mass is 10.0. The Morgan fingerprint density at radius 2 is 1.79 bits per heavy atom. The number of rotatable bonds is 5. The molecule has 0 aromatic carbocycles.